The van der Waals surface area contributed by atoms with Gasteiger partial charge >= 0.3 is 0 Å². The zero-order chi connectivity index (χ0) is 12.4. The first-order chi connectivity index (χ1) is 8.15. The van der Waals surface area contributed by atoms with E-state index < -0.39 is 6.04 Å². The van der Waals surface area contributed by atoms with Crippen LogP contribution in [-0.2, 0) is 0 Å². The molecule has 2 aromatic rings. The van der Waals surface area contributed by atoms with Crippen LogP contribution in [0, 0.1) is 11.3 Å². The summed E-state index contributed by atoms with van der Waals surface area (Å²) in [7, 11) is 0. The molecule has 0 aliphatic carbocycles. The van der Waals surface area contributed by atoms with Gasteiger partial charge in [0.25, 0.3) is 0 Å². The molecule has 0 spiro atoms. The van der Waals surface area contributed by atoms with Gasteiger partial charge in [-0.25, -0.2) is 0 Å². The number of benzene rings is 1. The average Bonchev–Trinajstić information content (AvgIpc) is 2.82. The summed E-state index contributed by atoms with van der Waals surface area (Å²) in [6.45, 7) is 0. The first-order valence-electron chi connectivity index (χ1n) is 4.85. The molecule has 0 amide bonds. The van der Waals surface area contributed by atoms with E-state index in [1.54, 1.807) is 12.1 Å². The number of nitrogens with zero attached hydrogens (tertiary/aromatic N) is 1. The summed E-state index contributed by atoms with van der Waals surface area (Å²) >= 11 is 4.87. The Morgan fingerprint density at radius 2 is 2.11 bits per heavy atom. The number of phenolic OH excluding ortho intramolecular Hbond substituents is 1. The molecule has 3 N–H and O–H groups in total. The predicted octanol–water partition coefficient (Wildman–Crippen LogP) is 3.56. The van der Waals surface area contributed by atoms with E-state index >= 15 is 0 Å². The monoisotopic (exact) mass is 344 g/mol. The molecular formula is C12H10BrClN2OS. The lowest BCUT2D eigenvalue weighted by Crippen LogP contribution is -2.11. The lowest BCUT2D eigenvalue weighted by molar-refractivity contribution is 0.463. The number of nitriles is 1. The maximum atomic E-state index is 10.0. The van der Waals surface area contributed by atoms with Gasteiger partial charge in [-0.15, -0.1) is 23.7 Å². The quantitative estimate of drug-likeness (QED) is 0.874. The highest BCUT2D eigenvalue weighted by Crippen LogP contribution is 2.37. The molecule has 0 aliphatic heterocycles. The Kier molecular flexibility index (Phi) is 5.17. The standard InChI is InChI=1S/C12H9BrN2OS.ClH/c13-8-4-3-7(6-14)12(16)10(8)11(15)9-2-1-5-17-9;/h1-5,11,16H,15H2;1H/t11-;/m0./s1. The third-order valence-electron chi connectivity index (χ3n) is 2.45. The summed E-state index contributed by atoms with van der Waals surface area (Å²) in [6.07, 6.45) is 0. The highest BCUT2D eigenvalue weighted by atomic mass is 79.9. The zero-order valence-corrected chi connectivity index (χ0v) is 12.3. The fourth-order valence-electron chi connectivity index (χ4n) is 1.58. The van der Waals surface area contributed by atoms with E-state index in [1.165, 1.54) is 11.3 Å². The van der Waals surface area contributed by atoms with Crippen molar-refractivity contribution < 1.29 is 5.11 Å². The maximum Gasteiger partial charge on any atom is 0.139 e. The van der Waals surface area contributed by atoms with Gasteiger partial charge in [0.05, 0.1) is 11.6 Å². The van der Waals surface area contributed by atoms with Crippen LogP contribution in [-0.4, -0.2) is 5.11 Å². The van der Waals surface area contributed by atoms with Gasteiger partial charge in [-0.3, -0.25) is 0 Å². The highest BCUT2D eigenvalue weighted by molar-refractivity contribution is 9.10. The molecule has 0 radical (unpaired) electrons. The molecule has 1 atom stereocenters. The van der Waals surface area contributed by atoms with Crippen molar-refractivity contribution in [2.24, 2.45) is 5.73 Å². The minimum Gasteiger partial charge on any atom is -0.506 e. The van der Waals surface area contributed by atoms with Crippen molar-refractivity contribution in [3.63, 3.8) is 0 Å². The molecule has 1 aromatic carbocycles. The molecule has 6 heteroatoms. The molecule has 94 valence electrons. The molecule has 3 nitrogen and oxygen atoms in total. The number of phenols is 1. The first kappa shape index (κ1) is 15.0. The molecule has 0 saturated heterocycles. The van der Waals surface area contributed by atoms with Crippen LogP contribution in [0.5, 0.6) is 5.75 Å². The van der Waals surface area contributed by atoms with Gasteiger partial charge < -0.3 is 10.8 Å². The second kappa shape index (κ2) is 6.21. The highest BCUT2D eigenvalue weighted by Gasteiger charge is 2.19. The summed E-state index contributed by atoms with van der Waals surface area (Å²) in [5.74, 6) is -0.0530. The van der Waals surface area contributed by atoms with Crippen LogP contribution in [0.3, 0.4) is 0 Å². The number of rotatable bonds is 2. The molecular weight excluding hydrogens is 336 g/mol. The molecule has 1 heterocycles. The van der Waals surface area contributed by atoms with Crippen LogP contribution in [0.1, 0.15) is 22.0 Å². The Hall–Kier alpha value is -1.06. The van der Waals surface area contributed by atoms with Crippen LogP contribution in [0.4, 0.5) is 0 Å². The van der Waals surface area contributed by atoms with E-state index in [4.69, 9.17) is 11.0 Å². The lowest BCUT2D eigenvalue weighted by atomic mass is 10.0. The van der Waals surface area contributed by atoms with Gasteiger partial charge in [-0.2, -0.15) is 5.26 Å². The van der Waals surface area contributed by atoms with E-state index in [-0.39, 0.29) is 23.7 Å². The van der Waals surface area contributed by atoms with Crippen molar-refractivity contribution >= 4 is 39.7 Å². The fraction of sp³-hybridized carbons (Fsp3) is 0.0833. The summed E-state index contributed by atoms with van der Waals surface area (Å²) in [6, 6.07) is 8.59. The average molecular weight is 346 g/mol. The number of thiophene rings is 1. The Balaban J connectivity index is 0.00000162. The van der Waals surface area contributed by atoms with Crippen LogP contribution in [0.2, 0.25) is 0 Å². The predicted molar refractivity (Wildman–Crippen MR) is 78.1 cm³/mol. The van der Waals surface area contributed by atoms with Gasteiger partial charge in [-0.1, -0.05) is 22.0 Å². The van der Waals surface area contributed by atoms with E-state index in [0.717, 1.165) is 4.88 Å². The van der Waals surface area contributed by atoms with Gasteiger partial charge in [0.15, 0.2) is 0 Å². The fourth-order valence-corrected chi connectivity index (χ4v) is 2.88. The number of halogens is 2. The topological polar surface area (TPSA) is 70.0 Å². The SMILES string of the molecule is Cl.N#Cc1ccc(Br)c([C@@H](N)c2cccs2)c1O. The van der Waals surface area contributed by atoms with Gasteiger partial charge in [-0.05, 0) is 23.6 Å². The molecule has 1 aromatic heterocycles. The van der Waals surface area contributed by atoms with Crippen molar-refractivity contribution in [2.75, 3.05) is 0 Å². The van der Waals surface area contributed by atoms with Crippen LogP contribution in [0.25, 0.3) is 0 Å². The molecule has 0 aliphatic rings. The Labute approximate surface area is 123 Å². The number of hydrogen-bond donors (Lipinski definition) is 2. The Bertz CT molecular complexity index is 581. The minimum absolute atomic E-state index is 0. The van der Waals surface area contributed by atoms with Crippen molar-refractivity contribution in [3.8, 4) is 11.8 Å². The summed E-state index contributed by atoms with van der Waals surface area (Å²) in [5.41, 5.74) is 6.88. The molecule has 2 rings (SSSR count). The van der Waals surface area contributed by atoms with E-state index in [2.05, 4.69) is 15.9 Å². The summed E-state index contributed by atoms with van der Waals surface area (Å²) in [4.78, 5) is 0.941. The van der Waals surface area contributed by atoms with Gasteiger partial charge in [0.2, 0.25) is 0 Å². The third kappa shape index (κ3) is 2.68. The molecule has 18 heavy (non-hydrogen) atoms. The number of nitrogens with two attached hydrogens (primary N) is 1. The van der Waals surface area contributed by atoms with Crippen molar-refractivity contribution in [1.82, 2.24) is 0 Å². The number of aromatic hydroxyl groups is 1. The molecule has 0 saturated carbocycles. The van der Waals surface area contributed by atoms with E-state index in [1.807, 2.05) is 23.6 Å². The maximum absolute atomic E-state index is 10.0. The third-order valence-corrected chi connectivity index (χ3v) is 4.09. The second-order valence-corrected chi connectivity index (χ2v) is 5.30. The van der Waals surface area contributed by atoms with Crippen LogP contribution < -0.4 is 5.73 Å². The summed E-state index contributed by atoms with van der Waals surface area (Å²) in [5, 5.41) is 20.8. The van der Waals surface area contributed by atoms with Gasteiger partial charge in [0.1, 0.15) is 11.8 Å². The molecule has 0 unspecified atom stereocenters. The first-order valence-corrected chi connectivity index (χ1v) is 6.53. The Morgan fingerprint density at radius 3 is 2.67 bits per heavy atom. The van der Waals surface area contributed by atoms with E-state index in [9.17, 15) is 5.11 Å². The lowest BCUT2D eigenvalue weighted by Gasteiger charge is -2.14. The van der Waals surface area contributed by atoms with Gasteiger partial charge in [0, 0.05) is 14.9 Å². The second-order valence-electron chi connectivity index (χ2n) is 3.46. The van der Waals surface area contributed by atoms with Crippen LogP contribution >= 0.6 is 39.7 Å². The minimum atomic E-state index is -0.433. The normalized spacial score (nSPS) is 11.4. The number of hydrogen-bond acceptors (Lipinski definition) is 4. The summed E-state index contributed by atoms with van der Waals surface area (Å²) < 4.78 is 0.704. The molecule has 0 fully saturated rings. The van der Waals surface area contributed by atoms with Crippen molar-refractivity contribution in [1.29, 1.82) is 5.26 Å². The van der Waals surface area contributed by atoms with Crippen LogP contribution in [0.15, 0.2) is 34.1 Å². The van der Waals surface area contributed by atoms with E-state index in [0.29, 0.717) is 10.0 Å². The zero-order valence-electron chi connectivity index (χ0n) is 9.13. The molecule has 0 bridgehead atoms. The Morgan fingerprint density at radius 1 is 1.39 bits per heavy atom. The largest absolute Gasteiger partial charge is 0.506 e. The van der Waals surface area contributed by atoms with Crippen molar-refractivity contribution in [3.05, 3.63) is 50.1 Å². The smallest absolute Gasteiger partial charge is 0.139 e. The van der Waals surface area contributed by atoms with Crippen molar-refractivity contribution in [2.45, 2.75) is 6.04 Å².